The topological polar surface area (TPSA) is 78.0 Å². The van der Waals surface area contributed by atoms with Crippen molar-refractivity contribution in [3.63, 3.8) is 0 Å². The third kappa shape index (κ3) is 3.29. The summed E-state index contributed by atoms with van der Waals surface area (Å²) in [4.78, 5) is 31.3. The monoisotopic (exact) mass is 385 g/mol. The van der Waals surface area contributed by atoms with Gasteiger partial charge in [0.05, 0.1) is 11.1 Å². The highest BCUT2D eigenvalue weighted by molar-refractivity contribution is 7.99. The van der Waals surface area contributed by atoms with Crippen molar-refractivity contribution in [2.75, 3.05) is 5.75 Å². The molecule has 134 valence electrons. The zero-order valence-corrected chi connectivity index (χ0v) is 15.9. The van der Waals surface area contributed by atoms with Gasteiger partial charge in [0.2, 0.25) is 5.91 Å². The number of aryl methyl sites for hydroxylation is 3. The fourth-order valence-electron chi connectivity index (χ4n) is 3.39. The standard InChI is InChI=1S/C19H19N3O2S2/c20-15(23)11-25-19-21-17-16(13-7-4-8-14(13)26-17)18(24)22(19)10-9-12-5-2-1-3-6-12/h1-3,5-6H,4,7-11H2,(H2,20,23). The summed E-state index contributed by atoms with van der Waals surface area (Å²) in [5.41, 5.74) is 7.65. The Hall–Kier alpha value is -2.12. The minimum Gasteiger partial charge on any atom is -0.369 e. The molecule has 0 saturated heterocycles. The van der Waals surface area contributed by atoms with E-state index in [2.05, 4.69) is 12.1 Å². The summed E-state index contributed by atoms with van der Waals surface area (Å²) in [7, 11) is 0. The molecule has 0 radical (unpaired) electrons. The second-order valence-electron chi connectivity index (χ2n) is 6.38. The maximum absolute atomic E-state index is 13.2. The van der Waals surface area contributed by atoms with Crippen LogP contribution in [-0.2, 0) is 30.6 Å². The molecule has 3 aromatic rings. The van der Waals surface area contributed by atoms with Crippen molar-refractivity contribution in [1.82, 2.24) is 9.55 Å². The van der Waals surface area contributed by atoms with Crippen LogP contribution in [0.2, 0.25) is 0 Å². The van der Waals surface area contributed by atoms with Crippen LogP contribution in [0.3, 0.4) is 0 Å². The third-order valence-corrected chi connectivity index (χ3v) is 6.78. The van der Waals surface area contributed by atoms with Crippen molar-refractivity contribution >= 4 is 39.2 Å². The lowest BCUT2D eigenvalue weighted by Crippen LogP contribution is -2.25. The highest BCUT2D eigenvalue weighted by atomic mass is 32.2. The predicted octanol–water partition coefficient (Wildman–Crippen LogP) is 2.77. The van der Waals surface area contributed by atoms with E-state index >= 15 is 0 Å². The number of aromatic nitrogens is 2. The Bertz CT molecular complexity index is 1020. The number of hydrogen-bond acceptors (Lipinski definition) is 5. The summed E-state index contributed by atoms with van der Waals surface area (Å²) in [6, 6.07) is 10.1. The van der Waals surface area contributed by atoms with Gasteiger partial charge in [-0.15, -0.1) is 11.3 Å². The predicted molar refractivity (Wildman–Crippen MR) is 106 cm³/mol. The minimum absolute atomic E-state index is 0.0114. The summed E-state index contributed by atoms with van der Waals surface area (Å²) >= 11 is 2.86. The van der Waals surface area contributed by atoms with Crippen LogP contribution in [-0.4, -0.2) is 21.2 Å². The summed E-state index contributed by atoms with van der Waals surface area (Å²) in [5, 5.41) is 1.36. The Labute approximate surface area is 159 Å². The molecule has 0 saturated carbocycles. The minimum atomic E-state index is -0.410. The van der Waals surface area contributed by atoms with Gasteiger partial charge in [0.25, 0.3) is 5.56 Å². The first-order valence-corrected chi connectivity index (χ1v) is 10.4. The molecule has 1 aliphatic carbocycles. The van der Waals surface area contributed by atoms with Gasteiger partial charge in [0.15, 0.2) is 5.16 Å². The van der Waals surface area contributed by atoms with Crippen molar-refractivity contribution < 1.29 is 4.79 Å². The number of thioether (sulfide) groups is 1. The number of nitrogens with two attached hydrogens (primary N) is 1. The first kappa shape index (κ1) is 17.3. The lowest BCUT2D eigenvalue weighted by atomic mass is 10.1. The van der Waals surface area contributed by atoms with E-state index in [1.807, 2.05) is 18.2 Å². The van der Waals surface area contributed by atoms with Crippen LogP contribution < -0.4 is 11.3 Å². The third-order valence-electron chi connectivity index (χ3n) is 4.60. The van der Waals surface area contributed by atoms with Crippen LogP contribution in [0.25, 0.3) is 10.2 Å². The van der Waals surface area contributed by atoms with Crippen molar-refractivity contribution in [1.29, 1.82) is 0 Å². The summed E-state index contributed by atoms with van der Waals surface area (Å²) < 4.78 is 1.72. The molecule has 7 heteroatoms. The molecule has 2 aromatic heterocycles. The van der Waals surface area contributed by atoms with Crippen LogP contribution in [0.4, 0.5) is 0 Å². The lowest BCUT2D eigenvalue weighted by molar-refractivity contribution is -0.115. The van der Waals surface area contributed by atoms with Gasteiger partial charge >= 0.3 is 0 Å². The molecule has 2 N–H and O–H groups in total. The summed E-state index contributed by atoms with van der Waals surface area (Å²) in [6.45, 7) is 0.539. The molecule has 0 fully saturated rings. The zero-order chi connectivity index (χ0) is 18.1. The Morgan fingerprint density at radius 2 is 2.08 bits per heavy atom. The number of rotatable bonds is 6. The van der Waals surface area contributed by atoms with Gasteiger partial charge in [0, 0.05) is 11.4 Å². The first-order valence-electron chi connectivity index (χ1n) is 8.63. The molecule has 1 aromatic carbocycles. The van der Waals surface area contributed by atoms with Gasteiger partial charge in [-0.3, -0.25) is 14.2 Å². The quantitative estimate of drug-likeness (QED) is 0.523. The number of primary amides is 1. The number of fused-ring (bicyclic) bond motifs is 3. The van der Waals surface area contributed by atoms with Gasteiger partial charge < -0.3 is 5.73 Å². The molecule has 26 heavy (non-hydrogen) atoms. The molecule has 0 unspecified atom stereocenters. The summed E-state index contributed by atoms with van der Waals surface area (Å²) in [5.74, 6) is -0.290. The number of carbonyl (C=O) groups excluding carboxylic acids is 1. The number of carbonyl (C=O) groups is 1. The number of thiophene rings is 1. The molecule has 2 heterocycles. The lowest BCUT2D eigenvalue weighted by Gasteiger charge is -2.12. The molecule has 4 rings (SSSR count). The molecular weight excluding hydrogens is 366 g/mol. The number of benzene rings is 1. The Kier molecular flexibility index (Phi) is 4.82. The van der Waals surface area contributed by atoms with E-state index in [9.17, 15) is 9.59 Å². The van der Waals surface area contributed by atoms with Crippen LogP contribution in [0.1, 0.15) is 22.4 Å². The van der Waals surface area contributed by atoms with Crippen LogP contribution in [0.5, 0.6) is 0 Å². The van der Waals surface area contributed by atoms with Crippen molar-refractivity contribution in [2.45, 2.75) is 37.4 Å². The Balaban J connectivity index is 1.76. The average Bonchev–Trinajstić information content (AvgIpc) is 3.20. The molecule has 0 aliphatic heterocycles. The van der Waals surface area contributed by atoms with E-state index in [0.29, 0.717) is 11.7 Å². The fourth-order valence-corrected chi connectivity index (χ4v) is 5.45. The van der Waals surface area contributed by atoms with Gasteiger partial charge in [-0.2, -0.15) is 0 Å². The maximum Gasteiger partial charge on any atom is 0.263 e. The molecule has 1 amide bonds. The molecule has 0 bridgehead atoms. The summed E-state index contributed by atoms with van der Waals surface area (Å²) in [6.07, 6.45) is 3.84. The van der Waals surface area contributed by atoms with E-state index < -0.39 is 5.91 Å². The molecule has 1 aliphatic rings. The van der Waals surface area contributed by atoms with E-state index in [0.717, 1.165) is 35.9 Å². The van der Waals surface area contributed by atoms with Gasteiger partial charge in [-0.25, -0.2) is 4.98 Å². The number of hydrogen-bond donors (Lipinski definition) is 1. The van der Waals surface area contributed by atoms with E-state index in [4.69, 9.17) is 10.7 Å². The maximum atomic E-state index is 13.2. The molecular formula is C19H19N3O2S2. The molecule has 0 atom stereocenters. The zero-order valence-electron chi connectivity index (χ0n) is 14.2. The highest BCUT2D eigenvalue weighted by Gasteiger charge is 2.23. The van der Waals surface area contributed by atoms with Gasteiger partial charge in [-0.1, -0.05) is 42.1 Å². The SMILES string of the molecule is NC(=O)CSc1nc2sc3c(c2c(=O)n1CCc1ccccc1)CCC3. The van der Waals surface area contributed by atoms with Crippen molar-refractivity contribution in [2.24, 2.45) is 5.73 Å². The number of nitrogens with zero attached hydrogens (tertiary/aromatic N) is 2. The van der Waals surface area contributed by atoms with Crippen LogP contribution >= 0.6 is 23.1 Å². The van der Waals surface area contributed by atoms with Gasteiger partial charge in [-0.05, 0) is 36.8 Å². The first-order chi connectivity index (χ1) is 12.6. The van der Waals surface area contributed by atoms with Crippen LogP contribution in [0.15, 0.2) is 40.3 Å². The second kappa shape index (κ2) is 7.25. The molecule has 5 nitrogen and oxygen atoms in total. The van der Waals surface area contributed by atoms with Crippen LogP contribution in [0, 0.1) is 0 Å². The Morgan fingerprint density at radius 1 is 1.27 bits per heavy atom. The number of amides is 1. The van der Waals surface area contributed by atoms with E-state index in [1.165, 1.54) is 27.8 Å². The molecule has 0 spiro atoms. The second-order valence-corrected chi connectivity index (χ2v) is 8.41. The smallest absolute Gasteiger partial charge is 0.263 e. The van der Waals surface area contributed by atoms with Crippen molar-refractivity contribution in [3.8, 4) is 0 Å². The largest absolute Gasteiger partial charge is 0.369 e. The fraction of sp³-hybridized carbons (Fsp3) is 0.316. The highest BCUT2D eigenvalue weighted by Crippen LogP contribution is 2.35. The van der Waals surface area contributed by atoms with Gasteiger partial charge in [0.1, 0.15) is 4.83 Å². The normalized spacial score (nSPS) is 13.2. The van der Waals surface area contributed by atoms with E-state index in [1.54, 1.807) is 15.9 Å². The average molecular weight is 386 g/mol. The van der Waals surface area contributed by atoms with E-state index in [-0.39, 0.29) is 11.3 Å². The van der Waals surface area contributed by atoms with Crippen molar-refractivity contribution in [3.05, 3.63) is 56.7 Å². The Morgan fingerprint density at radius 3 is 2.85 bits per heavy atom.